The minimum Gasteiger partial charge on any atom is -0.491 e. The Morgan fingerprint density at radius 2 is 1.84 bits per heavy atom. The Morgan fingerprint density at radius 1 is 1.04 bits per heavy atom. The molecular weight excluding hydrogens is 310 g/mol. The third-order valence-electron chi connectivity index (χ3n) is 4.00. The first-order valence-electron chi connectivity index (χ1n) is 8.71. The summed E-state index contributed by atoms with van der Waals surface area (Å²) in [5, 5.41) is 7.99. The van der Waals surface area contributed by atoms with E-state index in [1.807, 2.05) is 67.2 Å². The van der Waals surface area contributed by atoms with E-state index in [0.29, 0.717) is 0 Å². The number of nitrogens with one attached hydrogen (secondary N) is 1. The van der Waals surface area contributed by atoms with Gasteiger partial charge >= 0.3 is 0 Å². The summed E-state index contributed by atoms with van der Waals surface area (Å²) >= 11 is 0. The van der Waals surface area contributed by atoms with E-state index >= 15 is 0 Å². The van der Waals surface area contributed by atoms with Crippen molar-refractivity contribution in [2.24, 2.45) is 0 Å². The molecule has 2 aromatic carbocycles. The molecule has 0 spiro atoms. The first-order valence-corrected chi connectivity index (χ1v) is 8.71. The summed E-state index contributed by atoms with van der Waals surface area (Å²) in [7, 11) is 0. The van der Waals surface area contributed by atoms with Crippen LogP contribution < -0.4 is 10.1 Å². The lowest BCUT2D eigenvalue weighted by Crippen LogP contribution is -2.18. The highest BCUT2D eigenvalue weighted by molar-refractivity contribution is 5.32. The second kappa shape index (κ2) is 7.99. The average molecular weight is 335 g/mol. The lowest BCUT2D eigenvalue weighted by molar-refractivity contribution is 0.242. The number of benzene rings is 2. The van der Waals surface area contributed by atoms with Gasteiger partial charge in [0.25, 0.3) is 0 Å². The summed E-state index contributed by atoms with van der Waals surface area (Å²) in [5.74, 6) is 0.915. The molecule has 0 saturated heterocycles. The van der Waals surface area contributed by atoms with Gasteiger partial charge in [0.1, 0.15) is 5.75 Å². The Bertz CT molecular complexity index is 796. The van der Waals surface area contributed by atoms with E-state index in [-0.39, 0.29) is 12.1 Å². The molecule has 1 N–H and O–H groups in total. The van der Waals surface area contributed by atoms with E-state index in [1.165, 1.54) is 5.56 Å². The molecule has 25 heavy (non-hydrogen) atoms. The van der Waals surface area contributed by atoms with Gasteiger partial charge in [0.2, 0.25) is 0 Å². The van der Waals surface area contributed by atoms with Crippen LogP contribution >= 0.6 is 0 Å². The lowest BCUT2D eigenvalue weighted by atomic mass is 10.1. The van der Waals surface area contributed by atoms with Crippen LogP contribution in [0.4, 0.5) is 0 Å². The Morgan fingerprint density at radius 3 is 2.60 bits per heavy atom. The molecule has 0 radical (unpaired) electrons. The van der Waals surface area contributed by atoms with Crippen molar-refractivity contribution in [3.05, 3.63) is 78.1 Å². The molecule has 0 bridgehead atoms. The van der Waals surface area contributed by atoms with Crippen molar-refractivity contribution < 1.29 is 4.74 Å². The van der Waals surface area contributed by atoms with E-state index < -0.39 is 0 Å². The molecule has 1 atom stereocenters. The zero-order valence-corrected chi connectivity index (χ0v) is 15.0. The van der Waals surface area contributed by atoms with Crippen LogP contribution in [0.1, 0.15) is 37.9 Å². The molecule has 1 aromatic heterocycles. The van der Waals surface area contributed by atoms with Crippen molar-refractivity contribution in [3.8, 4) is 11.4 Å². The van der Waals surface area contributed by atoms with Gasteiger partial charge in [0.15, 0.2) is 0 Å². The fourth-order valence-corrected chi connectivity index (χ4v) is 2.69. The maximum Gasteiger partial charge on any atom is 0.120 e. The third kappa shape index (κ3) is 4.70. The monoisotopic (exact) mass is 335 g/mol. The summed E-state index contributed by atoms with van der Waals surface area (Å²) in [5.41, 5.74) is 3.44. The molecule has 0 fully saturated rings. The van der Waals surface area contributed by atoms with Crippen LogP contribution in [-0.2, 0) is 6.54 Å². The summed E-state index contributed by atoms with van der Waals surface area (Å²) in [6, 6.07) is 18.6. The van der Waals surface area contributed by atoms with Gasteiger partial charge in [-0.05, 0) is 50.6 Å². The van der Waals surface area contributed by atoms with Crippen molar-refractivity contribution in [3.63, 3.8) is 0 Å². The van der Waals surface area contributed by atoms with E-state index in [0.717, 1.165) is 23.5 Å². The predicted octanol–water partition coefficient (Wildman–Crippen LogP) is 4.51. The van der Waals surface area contributed by atoms with Gasteiger partial charge < -0.3 is 10.1 Å². The molecule has 130 valence electrons. The van der Waals surface area contributed by atoms with E-state index in [4.69, 9.17) is 4.74 Å². The quantitative estimate of drug-likeness (QED) is 0.690. The fraction of sp³-hybridized carbons (Fsp3) is 0.286. The first kappa shape index (κ1) is 17.2. The Balaban J connectivity index is 1.61. The normalized spacial score (nSPS) is 12.3. The minimum atomic E-state index is 0.183. The lowest BCUT2D eigenvalue weighted by Gasteiger charge is -2.16. The summed E-state index contributed by atoms with van der Waals surface area (Å²) in [4.78, 5) is 0. The van der Waals surface area contributed by atoms with Crippen molar-refractivity contribution in [2.75, 3.05) is 0 Å². The van der Waals surface area contributed by atoms with Gasteiger partial charge in [-0.1, -0.05) is 30.3 Å². The van der Waals surface area contributed by atoms with E-state index in [9.17, 15) is 0 Å². The zero-order valence-electron chi connectivity index (χ0n) is 15.0. The number of ether oxygens (including phenoxy) is 1. The van der Waals surface area contributed by atoms with Crippen LogP contribution in [0.5, 0.6) is 5.75 Å². The topological polar surface area (TPSA) is 39.1 Å². The molecule has 0 aliphatic rings. The van der Waals surface area contributed by atoms with Crippen molar-refractivity contribution in [2.45, 2.75) is 39.5 Å². The average Bonchev–Trinajstić information content (AvgIpc) is 3.09. The van der Waals surface area contributed by atoms with Gasteiger partial charge in [-0.25, -0.2) is 4.68 Å². The molecular formula is C21H25N3O. The molecule has 4 heteroatoms. The second-order valence-corrected chi connectivity index (χ2v) is 6.47. The second-order valence-electron chi connectivity index (χ2n) is 6.47. The fourth-order valence-electron chi connectivity index (χ4n) is 2.69. The number of rotatable bonds is 7. The molecule has 1 unspecified atom stereocenters. The van der Waals surface area contributed by atoms with Gasteiger partial charge in [0.05, 0.1) is 18.0 Å². The molecule has 1 heterocycles. The number of para-hydroxylation sites is 1. The number of aromatic nitrogens is 2. The van der Waals surface area contributed by atoms with Gasteiger partial charge in [-0.15, -0.1) is 0 Å². The van der Waals surface area contributed by atoms with Crippen molar-refractivity contribution >= 4 is 0 Å². The van der Waals surface area contributed by atoms with E-state index in [2.05, 4.69) is 35.7 Å². The highest BCUT2D eigenvalue weighted by Crippen LogP contribution is 2.20. The highest BCUT2D eigenvalue weighted by atomic mass is 16.5. The highest BCUT2D eigenvalue weighted by Gasteiger charge is 2.08. The molecule has 4 nitrogen and oxygen atoms in total. The SMILES string of the molecule is CC(C)Oc1cccc(C(C)NCc2cnn(-c3ccccc3)c2)c1. The first-order chi connectivity index (χ1) is 12.1. The molecule has 3 rings (SSSR count). The Labute approximate surface area is 149 Å². The molecule has 0 saturated carbocycles. The van der Waals surface area contributed by atoms with Crippen LogP contribution in [0.3, 0.4) is 0 Å². The number of hydrogen-bond donors (Lipinski definition) is 1. The number of hydrogen-bond acceptors (Lipinski definition) is 3. The van der Waals surface area contributed by atoms with E-state index in [1.54, 1.807) is 0 Å². The largest absolute Gasteiger partial charge is 0.491 e. The Hall–Kier alpha value is -2.59. The summed E-state index contributed by atoms with van der Waals surface area (Å²) in [6.45, 7) is 7.01. The molecule has 0 aliphatic carbocycles. The molecule has 0 aliphatic heterocycles. The maximum absolute atomic E-state index is 5.78. The molecule has 3 aromatic rings. The standard InChI is InChI=1S/C21H25N3O/c1-16(2)25-21-11-7-8-19(12-21)17(3)22-13-18-14-23-24(15-18)20-9-5-4-6-10-20/h4-12,14-17,22H,13H2,1-3H3. The third-order valence-corrected chi connectivity index (χ3v) is 4.00. The molecule has 0 amide bonds. The Kier molecular flexibility index (Phi) is 5.51. The van der Waals surface area contributed by atoms with Crippen LogP contribution in [0.25, 0.3) is 5.69 Å². The summed E-state index contributed by atoms with van der Waals surface area (Å²) < 4.78 is 7.68. The predicted molar refractivity (Wildman–Crippen MR) is 101 cm³/mol. The van der Waals surface area contributed by atoms with Crippen molar-refractivity contribution in [1.29, 1.82) is 0 Å². The smallest absolute Gasteiger partial charge is 0.120 e. The van der Waals surface area contributed by atoms with Gasteiger partial charge in [-0.2, -0.15) is 5.10 Å². The van der Waals surface area contributed by atoms with Gasteiger partial charge in [-0.3, -0.25) is 0 Å². The minimum absolute atomic E-state index is 0.183. The van der Waals surface area contributed by atoms with Gasteiger partial charge in [0, 0.05) is 24.3 Å². The maximum atomic E-state index is 5.78. The summed E-state index contributed by atoms with van der Waals surface area (Å²) in [6.07, 6.45) is 4.15. The van der Waals surface area contributed by atoms with Crippen LogP contribution in [0.2, 0.25) is 0 Å². The van der Waals surface area contributed by atoms with Crippen molar-refractivity contribution in [1.82, 2.24) is 15.1 Å². The zero-order chi connectivity index (χ0) is 17.6. The van der Waals surface area contributed by atoms with Crippen LogP contribution in [0.15, 0.2) is 67.0 Å². The number of nitrogens with zero attached hydrogens (tertiary/aromatic N) is 2. The van der Waals surface area contributed by atoms with Crippen LogP contribution in [0, 0.1) is 0 Å². The van der Waals surface area contributed by atoms with Crippen LogP contribution in [-0.4, -0.2) is 15.9 Å².